The smallest absolute Gasteiger partial charge is 0.411 e. The van der Waals surface area contributed by atoms with Crippen LogP contribution in [0.1, 0.15) is 27.4 Å². The maximum Gasteiger partial charge on any atom is 0.411 e. The Bertz CT molecular complexity index is 986. The van der Waals surface area contributed by atoms with Gasteiger partial charge in [-0.3, -0.25) is 10.3 Å². The summed E-state index contributed by atoms with van der Waals surface area (Å²) < 4.78 is 5.41. The van der Waals surface area contributed by atoms with E-state index in [4.69, 9.17) is 9.84 Å². The molecule has 0 atom stereocenters. The van der Waals surface area contributed by atoms with Gasteiger partial charge in [0.05, 0.1) is 5.69 Å². The third-order valence-corrected chi connectivity index (χ3v) is 4.63. The van der Waals surface area contributed by atoms with Crippen LogP contribution in [0.2, 0.25) is 0 Å². The van der Waals surface area contributed by atoms with E-state index in [1.54, 1.807) is 0 Å². The summed E-state index contributed by atoms with van der Waals surface area (Å²) in [5, 5.41) is 11.6. The largest absolute Gasteiger partial charge is 0.478 e. The Hall–Kier alpha value is -3.67. The molecule has 0 saturated heterocycles. The molecule has 0 unspecified atom stereocenters. The normalized spacial score (nSPS) is 12.1. The van der Waals surface area contributed by atoms with Crippen LogP contribution in [0.5, 0.6) is 0 Å². The van der Waals surface area contributed by atoms with E-state index >= 15 is 0 Å². The summed E-state index contributed by atoms with van der Waals surface area (Å²) in [6, 6.07) is 17.5. The molecule has 1 aromatic heterocycles. The van der Waals surface area contributed by atoms with Gasteiger partial charge >= 0.3 is 12.1 Å². The van der Waals surface area contributed by atoms with Gasteiger partial charge in [-0.1, -0.05) is 48.5 Å². The standard InChI is InChI=1S/C21H16N2O4/c24-20(25)17-11-22-10-9-19(17)23-21(26)27-12-18-15-7-3-1-5-13(15)14-6-2-4-8-16(14)18/h1-11,18H,12H2,(H,24,25)(H,22,23,26). The summed E-state index contributed by atoms with van der Waals surface area (Å²) in [5.74, 6) is -1.23. The monoisotopic (exact) mass is 360 g/mol. The number of fused-ring (bicyclic) bond motifs is 3. The zero-order valence-electron chi connectivity index (χ0n) is 14.3. The molecule has 134 valence electrons. The van der Waals surface area contributed by atoms with Crippen LogP contribution in [0.25, 0.3) is 11.1 Å². The number of amides is 1. The van der Waals surface area contributed by atoms with Gasteiger partial charge in [0.1, 0.15) is 12.2 Å². The number of pyridine rings is 1. The van der Waals surface area contributed by atoms with Crippen LogP contribution in [0.4, 0.5) is 10.5 Å². The minimum absolute atomic E-state index is 0.0560. The zero-order chi connectivity index (χ0) is 18.8. The number of hydrogen-bond donors (Lipinski definition) is 2. The van der Waals surface area contributed by atoms with Crippen molar-refractivity contribution in [1.29, 1.82) is 0 Å². The number of carboxylic acids is 1. The van der Waals surface area contributed by atoms with E-state index in [0.29, 0.717) is 0 Å². The molecule has 0 saturated carbocycles. The molecule has 3 aromatic rings. The minimum Gasteiger partial charge on any atom is -0.478 e. The summed E-state index contributed by atoms with van der Waals surface area (Å²) >= 11 is 0. The lowest BCUT2D eigenvalue weighted by Gasteiger charge is -2.15. The first-order valence-electron chi connectivity index (χ1n) is 8.44. The Labute approximate surface area is 155 Å². The van der Waals surface area contributed by atoms with Crippen molar-refractivity contribution in [2.75, 3.05) is 11.9 Å². The van der Waals surface area contributed by atoms with Crippen molar-refractivity contribution in [3.8, 4) is 11.1 Å². The fourth-order valence-corrected chi connectivity index (χ4v) is 3.42. The average Bonchev–Trinajstić information content (AvgIpc) is 3.00. The lowest BCUT2D eigenvalue weighted by atomic mass is 9.98. The Balaban J connectivity index is 1.51. The second-order valence-electron chi connectivity index (χ2n) is 6.18. The minimum atomic E-state index is -1.17. The number of aromatic nitrogens is 1. The number of carbonyl (C=O) groups excluding carboxylic acids is 1. The van der Waals surface area contributed by atoms with Gasteiger partial charge < -0.3 is 9.84 Å². The van der Waals surface area contributed by atoms with Crippen molar-refractivity contribution in [1.82, 2.24) is 4.98 Å². The lowest BCUT2D eigenvalue weighted by molar-refractivity contribution is 0.0697. The third kappa shape index (κ3) is 3.13. The van der Waals surface area contributed by atoms with Crippen molar-refractivity contribution < 1.29 is 19.4 Å². The summed E-state index contributed by atoms with van der Waals surface area (Å²) in [6.45, 7) is 0.160. The Kier molecular flexibility index (Phi) is 4.30. The number of aromatic carboxylic acids is 1. The predicted octanol–water partition coefficient (Wildman–Crippen LogP) is 4.14. The van der Waals surface area contributed by atoms with Gasteiger partial charge in [-0.05, 0) is 28.3 Å². The Morgan fingerprint density at radius 1 is 1.00 bits per heavy atom. The topological polar surface area (TPSA) is 88.5 Å². The second kappa shape index (κ2) is 6.92. The van der Waals surface area contributed by atoms with Gasteiger partial charge in [0.15, 0.2) is 0 Å². The van der Waals surface area contributed by atoms with Gasteiger partial charge in [-0.15, -0.1) is 0 Å². The molecule has 0 bridgehead atoms. The first-order valence-corrected chi connectivity index (χ1v) is 8.44. The number of anilines is 1. The fraction of sp³-hybridized carbons (Fsp3) is 0.0952. The fourth-order valence-electron chi connectivity index (χ4n) is 3.42. The molecular formula is C21H16N2O4. The average molecular weight is 360 g/mol. The number of carbonyl (C=O) groups is 2. The zero-order valence-corrected chi connectivity index (χ0v) is 14.3. The highest BCUT2D eigenvalue weighted by molar-refractivity contribution is 5.98. The second-order valence-corrected chi connectivity index (χ2v) is 6.18. The first kappa shape index (κ1) is 16.8. The molecule has 1 aliphatic carbocycles. The molecule has 0 aliphatic heterocycles. The summed E-state index contributed by atoms with van der Waals surface area (Å²) in [4.78, 5) is 27.2. The van der Waals surface area contributed by atoms with Crippen molar-refractivity contribution in [3.63, 3.8) is 0 Å². The van der Waals surface area contributed by atoms with Crippen LogP contribution in [0.15, 0.2) is 67.0 Å². The molecule has 2 N–H and O–H groups in total. The van der Waals surface area contributed by atoms with E-state index in [1.807, 2.05) is 36.4 Å². The van der Waals surface area contributed by atoms with Crippen LogP contribution in [-0.2, 0) is 4.74 Å². The predicted molar refractivity (Wildman–Crippen MR) is 99.9 cm³/mol. The van der Waals surface area contributed by atoms with Gasteiger partial charge in [0.2, 0.25) is 0 Å². The maximum atomic E-state index is 12.2. The molecule has 27 heavy (non-hydrogen) atoms. The first-order chi connectivity index (χ1) is 13.1. The molecule has 1 aliphatic rings. The van der Waals surface area contributed by atoms with E-state index in [9.17, 15) is 9.59 Å². The van der Waals surface area contributed by atoms with Crippen LogP contribution in [-0.4, -0.2) is 28.8 Å². The van der Waals surface area contributed by atoms with E-state index in [-0.39, 0.29) is 23.8 Å². The molecule has 0 fully saturated rings. The number of carboxylic acid groups (broad SMARTS) is 1. The Morgan fingerprint density at radius 2 is 1.63 bits per heavy atom. The Morgan fingerprint density at radius 3 is 2.26 bits per heavy atom. The highest BCUT2D eigenvalue weighted by atomic mass is 16.5. The number of nitrogens with one attached hydrogen (secondary N) is 1. The number of nitrogens with zero attached hydrogens (tertiary/aromatic N) is 1. The summed E-state index contributed by atoms with van der Waals surface area (Å²) in [6.07, 6.45) is 1.89. The quantitative estimate of drug-likeness (QED) is 0.730. The molecule has 6 heteroatoms. The summed E-state index contributed by atoms with van der Waals surface area (Å²) in [5.41, 5.74) is 4.57. The molecule has 0 radical (unpaired) electrons. The molecule has 1 amide bonds. The highest BCUT2D eigenvalue weighted by Crippen LogP contribution is 2.44. The van der Waals surface area contributed by atoms with Crippen molar-refractivity contribution in [2.45, 2.75) is 5.92 Å². The molecule has 4 rings (SSSR count). The van der Waals surface area contributed by atoms with Gasteiger partial charge in [-0.25, -0.2) is 9.59 Å². The van der Waals surface area contributed by atoms with Gasteiger partial charge in [0.25, 0.3) is 0 Å². The van der Waals surface area contributed by atoms with E-state index in [2.05, 4.69) is 22.4 Å². The van der Waals surface area contributed by atoms with E-state index in [1.165, 1.54) is 18.5 Å². The van der Waals surface area contributed by atoms with Crippen molar-refractivity contribution in [2.24, 2.45) is 0 Å². The summed E-state index contributed by atoms with van der Waals surface area (Å²) in [7, 11) is 0. The molecule has 2 aromatic carbocycles. The third-order valence-electron chi connectivity index (χ3n) is 4.63. The SMILES string of the molecule is O=C(Nc1ccncc1C(=O)O)OCC1c2ccccc2-c2ccccc21. The van der Waals surface area contributed by atoms with Crippen LogP contribution >= 0.6 is 0 Å². The molecule has 1 heterocycles. The van der Waals surface area contributed by atoms with Gasteiger partial charge in [-0.2, -0.15) is 0 Å². The van der Waals surface area contributed by atoms with E-state index in [0.717, 1.165) is 22.3 Å². The number of hydrogen-bond acceptors (Lipinski definition) is 4. The maximum absolute atomic E-state index is 12.2. The molecular weight excluding hydrogens is 344 g/mol. The number of ether oxygens (including phenoxy) is 1. The molecule has 0 spiro atoms. The van der Waals surface area contributed by atoms with Crippen LogP contribution in [0, 0.1) is 0 Å². The van der Waals surface area contributed by atoms with Crippen LogP contribution < -0.4 is 5.32 Å². The van der Waals surface area contributed by atoms with Crippen LogP contribution in [0.3, 0.4) is 0 Å². The van der Waals surface area contributed by atoms with Gasteiger partial charge in [0, 0.05) is 18.3 Å². The number of rotatable bonds is 4. The molecule has 6 nitrogen and oxygen atoms in total. The van der Waals surface area contributed by atoms with E-state index < -0.39 is 12.1 Å². The van der Waals surface area contributed by atoms with Crippen molar-refractivity contribution in [3.05, 3.63) is 83.7 Å². The number of benzene rings is 2. The van der Waals surface area contributed by atoms with Crippen molar-refractivity contribution >= 4 is 17.7 Å². The lowest BCUT2D eigenvalue weighted by Crippen LogP contribution is -2.19. The highest BCUT2D eigenvalue weighted by Gasteiger charge is 2.29.